The largest absolute Gasteiger partial charge is 0.395 e. The van der Waals surface area contributed by atoms with Crippen molar-refractivity contribution in [1.82, 2.24) is 9.80 Å². The van der Waals surface area contributed by atoms with Crippen molar-refractivity contribution in [3.8, 4) is 11.1 Å². The van der Waals surface area contributed by atoms with Gasteiger partial charge in [0.2, 0.25) is 0 Å². The third-order valence-electron chi connectivity index (χ3n) is 7.15. The molecule has 3 aromatic rings. The standard InChI is InChI=1S/C28H29FN2O2/c29-24-14-12-23(13-15-24)28(33)30-16-4-5-17-31-25(18-30)27(26(31)19-32)22-10-8-21(9-11-22)20-6-2-1-3-7-20/h1-3,6-15,25-27,32H,4-5,16-19H2/t25-,26-,27+/m1/s1. The molecule has 2 aliphatic heterocycles. The van der Waals surface area contributed by atoms with Gasteiger partial charge in [0.1, 0.15) is 5.82 Å². The lowest BCUT2D eigenvalue weighted by Gasteiger charge is -2.57. The number of nitrogens with zero attached hydrogens (tertiary/aromatic N) is 2. The Morgan fingerprint density at radius 1 is 0.879 bits per heavy atom. The molecule has 5 rings (SSSR count). The summed E-state index contributed by atoms with van der Waals surface area (Å²) >= 11 is 0. The molecule has 5 heteroatoms. The molecule has 0 radical (unpaired) electrons. The molecule has 4 nitrogen and oxygen atoms in total. The van der Waals surface area contributed by atoms with Crippen LogP contribution < -0.4 is 0 Å². The summed E-state index contributed by atoms with van der Waals surface area (Å²) in [4.78, 5) is 17.5. The number of carbonyl (C=O) groups excluding carboxylic acids is 1. The monoisotopic (exact) mass is 444 g/mol. The minimum atomic E-state index is -0.339. The van der Waals surface area contributed by atoms with Crippen molar-refractivity contribution in [3.63, 3.8) is 0 Å². The van der Waals surface area contributed by atoms with Gasteiger partial charge in [-0.15, -0.1) is 0 Å². The molecular formula is C28H29FN2O2. The normalized spacial score (nSPS) is 23.2. The molecule has 170 valence electrons. The average molecular weight is 445 g/mol. The number of benzene rings is 3. The summed E-state index contributed by atoms with van der Waals surface area (Å²) in [7, 11) is 0. The molecule has 3 atom stereocenters. The van der Waals surface area contributed by atoms with Crippen LogP contribution in [-0.2, 0) is 0 Å². The average Bonchev–Trinajstić information content (AvgIpc) is 2.84. The van der Waals surface area contributed by atoms with Gasteiger partial charge in [-0.1, -0.05) is 54.6 Å². The maximum absolute atomic E-state index is 13.3. The van der Waals surface area contributed by atoms with Crippen LogP contribution in [0.2, 0.25) is 0 Å². The molecule has 33 heavy (non-hydrogen) atoms. The zero-order valence-electron chi connectivity index (χ0n) is 18.6. The zero-order valence-corrected chi connectivity index (χ0v) is 18.6. The molecule has 1 amide bonds. The first-order valence-corrected chi connectivity index (χ1v) is 11.7. The van der Waals surface area contributed by atoms with Gasteiger partial charge < -0.3 is 10.0 Å². The molecule has 0 saturated carbocycles. The van der Waals surface area contributed by atoms with Crippen LogP contribution >= 0.6 is 0 Å². The van der Waals surface area contributed by atoms with E-state index in [4.69, 9.17) is 0 Å². The number of halogens is 1. The van der Waals surface area contributed by atoms with Crippen molar-refractivity contribution in [1.29, 1.82) is 0 Å². The summed E-state index contributed by atoms with van der Waals surface area (Å²) < 4.78 is 13.3. The van der Waals surface area contributed by atoms with Crippen LogP contribution in [-0.4, -0.2) is 59.1 Å². The number of aliphatic hydroxyl groups is 1. The van der Waals surface area contributed by atoms with E-state index in [-0.39, 0.29) is 36.3 Å². The Morgan fingerprint density at radius 3 is 2.24 bits per heavy atom. The summed E-state index contributed by atoms with van der Waals surface area (Å²) in [5.74, 6) is -0.224. The molecule has 0 bridgehead atoms. The van der Waals surface area contributed by atoms with E-state index >= 15 is 0 Å². The second-order valence-electron chi connectivity index (χ2n) is 9.03. The number of hydrogen-bond donors (Lipinski definition) is 1. The summed E-state index contributed by atoms with van der Waals surface area (Å²) in [6.45, 7) is 2.35. The second-order valence-corrected chi connectivity index (χ2v) is 9.03. The maximum atomic E-state index is 13.3. The van der Waals surface area contributed by atoms with E-state index in [1.54, 1.807) is 12.1 Å². The highest BCUT2D eigenvalue weighted by Gasteiger charge is 2.49. The molecular weight excluding hydrogens is 415 g/mol. The number of amides is 1. The molecule has 0 spiro atoms. The minimum Gasteiger partial charge on any atom is -0.395 e. The fourth-order valence-electron chi connectivity index (χ4n) is 5.43. The molecule has 0 aromatic heterocycles. The molecule has 2 heterocycles. The Hall–Kier alpha value is -3.02. The highest BCUT2D eigenvalue weighted by Crippen LogP contribution is 2.42. The summed E-state index contributed by atoms with van der Waals surface area (Å²) in [6, 6.07) is 24.9. The van der Waals surface area contributed by atoms with Crippen LogP contribution in [0.5, 0.6) is 0 Å². The molecule has 2 aliphatic rings. The van der Waals surface area contributed by atoms with Gasteiger partial charge in [-0.25, -0.2) is 4.39 Å². The van der Waals surface area contributed by atoms with Crippen molar-refractivity contribution in [3.05, 3.63) is 95.8 Å². The zero-order chi connectivity index (χ0) is 22.8. The van der Waals surface area contributed by atoms with E-state index in [1.165, 1.54) is 28.8 Å². The predicted molar refractivity (Wildman–Crippen MR) is 128 cm³/mol. The van der Waals surface area contributed by atoms with Gasteiger partial charge in [-0.05, 0) is 60.3 Å². The fraction of sp³-hybridized carbons (Fsp3) is 0.321. The van der Waals surface area contributed by atoms with Crippen LogP contribution in [0.4, 0.5) is 4.39 Å². The lowest BCUT2D eigenvalue weighted by Crippen LogP contribution is -2.67. The van der Waals surface area contributed by atoms with Crippen LogP contribution in [0.15, 0.2) is 78.9 Å². The van der Waals surface area contributed by atoms with Gasteiger partial charge in [0.05, 0.1) is 6.61 Å². The van der Waals surface area contributed by atoms with Crippen LogP contribution in [0.25, 0.3) is 11.1 Å². The van der Waals surface area contributed by atoms with E-state index in [9.17, 15) is 14.3 Å². The Kier molecular flexibility index (Phi) is 6.25. The number of carbonyl (C=O) groups is 1. The van der Waals surface area contributed by atoms with Crippen molar-refractivity contribution in [2.45, 2.75) is 30.8 Å². The van der Waals surface area contributed by atoms with Crippen molar-refractivity contribution >= 4 is 5.91 Å². The third kappa shape index (κ3) is 4.31. The van der Waals surface area contributed by atoms with Crippen molar-refractivity contribution < 1.29 is 14.3 Å². The summed E-state index contributed by atoms with van der Waals surface area (Å²) in [6.07, 6.45) is 1.91. The smallest absolute Gasteiger partial charge is 0.253 e. The second kappa shape index (κ2) is 9.46. The van der Waals surface area contributed by atoms with Crippen molar-refractivity contribution in [2.75, 3.05) is 26.2 Å². The molecule has 2 saturated heterocycles. The Labute approximate surface area is 194 Å². The van der Waals surface area contributed by atoms with E-state index in [1.807, 2.05) is 23.1 Å². The number of aliphatic hydroxyl groups excluding tert-OH is 1. The number of hydrogen-bond acceptors (Lipinski definition) is 3. The van der Waals surface area contributed by atoms with E-state index in [0.717, 1.165) is 19.4 Å². The van der Waals surface area contributed by atoms with Crippen molar-refractivity contribution in [2.24, 2.45) is 0 Å². The summed E-state index contributed by atoms with van der Waals surface area (Å²) in [5, 5.41) is 10.2. The highest BCUT2D eigenvalue weighted by molar-refractivity contribution is 5.94. The third-order valence-corrected chi connectivity index (χ3v) is 7.15. The maximum Gasteiger partial charge on any atom is 0.253 e. The van der Waals surface area contributed by atoms with Gasteiger partial charge >= 0.3 is 0 Å². The number of rotatable bonds is 4. The van der Waals surface area contributed by atoms with Crippen LogP contribution in [0.1, 0.15) is 34.7 Å². The highest BCUT2D eigenvalue weighted by atomic mass is 19.1. The molecule has 1 N–H and O–H groups in total. The van der Waals surface area contributed by atoms with E-state index < -0.39 is 0 Å². The lowest BCUT2D eigenvalue weighted by atomic mass is 9.74. The molecule has 2 fully saturated rings. The first kappa shape index (κ1) is 21.8. The SMILES string of the molecule is O=C(c1ccc(F)cc1)N1CCCCN2[C@H](CO)[C@@H](c3ccc(-c4ccccc4)cc3)[C@H]2C1. The number of fused-ring (bicyclic) bond motifs is 1. The molecule has 3 aromatic carbocycles. The predicted octanol–water partition coefficient (Wildman–Crippen LogP) is 4.56. The Balaban J connectivity index is 1.38. The Morgan fingerprint density at radius 2 is 1.55 bits per heavy atom. The first-order valence-electron chi connectivity index (χ1n) is 11.7. The topological polar surface area (TPSA) is 43.8 Å². The van der Waals surface area contributed by atoms with Crippen LogP contribution in [0.3, 0.4) is 0 Å². The lowest BCUT2D eigenvalue weighted by molar-refractivity contribution is -0.0606. The Bertz CT molecular complexity index is 1090. The van der Waals surface area contributed by atoms with Gasteiger partial charge in [0, 0.05) is 36.7 Å². The van der Waals surface area contributed by atoms with E-state index in [2.05, 4.69) is 41.3 Å². The van der Waals surface area contributed by atoms with Gasteiger partial charge in [-0.2, -0.15) is 0 Å². The van der Waals surface area contributed by atoms with Gasteiger partial charge in [-0.3, -0.25) is 9.69 Å². The van der Waals surface area contributed by atoms with Gasteiger partial charge in [0.15, 0.2) is 0 Å². The summed E-state index contributed by atoms with van der Waals surface area (Å²) in [5.41, 5.74) is 4.07. The van der Waals surface area contributed by atoms with Crippen LogP contribution in [0, 0.1) is 5.82 Å². The van der Waals surface area contributed by atoms with Gasteiger partial charge in [0.25, 0.3) is 5.91 Å². The first-order chi connectivity index (χ1) is 16.2. The minimum absolute atomic E-state index is 0.0533. The molecule has 0 aliphatic carbocycles. The quantitative estimate of drug-likeness (QED) is 0.642. The van der Waals surface area contributed by atoms with E-state index in [0.29, 0.717) is 18.7 Å². The fourth-order valence-corrected chi connectivity index (χ4v) is 5.43. The molecule has 0 unspecified atom stereocenters.